The van der Waals surface area contributed by atoms with E-state index in [4.69, 9.17) is 0 Å². The minimum atomic E-state index is 0.522. The number of rotatable bonds is 2. The molecule has 1 aliphatic carbocycles. The standard InChI is InChI=1S/C13H26N2/c1-3-12-11-15(10-9-14-12)13(2)7-5-4-6-8-13/h12,14H,3-11H2,1-2H3. The van der Waals surface area contributed by atoms with E-state index < -0.39 is 0 Å². The van der Waals surface area contributed by atoms with Crippen molar-refractivity contribution in [2.45, 2.75) is 64.0 Å². The zero-order valence-corrected chi connectivity index (χ0v) is 10.4. The van der Waals surface area contributed by atoms with Gasteiger partial charge in [-0.25, -0.2) is 0 Å². The summed E-state index contributed by atoms with van der Waals surface area (Å²) in [4.78, 5) is 2.76. The van der Waals surface area contributed by atoms with E-state index in [2.05, 4.69) is 24.1 Å². The number of hydrogen-bond donors (Lipinski definition) is 1. The largest absolute Gasteiger partial charge is 0.311 e. The van der Waals surface area contributed by atoms with Crippen LogP contribution in [0.25, 0.3) is 0 Å². The van der Waals surface area contributed by atoms with Crippen molar-refractivity contribution in [3.8, 4) is 0 Å². The third-order valence-electron chi connectivity index (χ3n) is 4.44. The summed E-state index contributed by atoms with van der Waals surface area (Å²) in [7, 11) is 0. The molecule has 0 spiro atoms. The molecule has 1 N–H and O–H groups in total. The summed E-state index contributed by atoms with van der Waals surface area (Å²) in [6, 6.07) is 0.734. The second kappa shape index (κ2) is 4.84. The molecule has 0 radical (unpaired) electrons. The van der Waals surface area contributed by atoms with Crippen LogP contribution in [0, 0.1) is 0 Å². The van der Waals surface area contributed by atoms with Gasteiger partial charge in [-0.1, -0.05) is 26.2 Å². The summed E-state index contributed by atoms with van der Waals surface area (Å²) in [5.41, 5.74) is 0.522. The first-order chi connectivity index (χ1) is 7.24. The number of hydrogen-bond acceptors (Lipinski definition) is 2. The monoisotopic (exact) mass is 210 g/mol. The lowest BCUT2D eigenvalue weighted by Crippen LogP contribution is -2.59. The van der Waals surface area contributed by atoms with Crippen molar-refractivity contribution in [3.05, 3.63) is 0 Å². The summed E-state index contributed by atoms with van der Waals surface area (Å²) in [5.74, 6) is 0. The van der Waals surface area contributed by atoms with Gasteiger partial charge < -0.3 is 5.32 Å². The minimum absolute atomic E-state index is 0.522. The van der Waals surface area contributed by atoms with E-state index in [-0.39, 0.29) is 0 Å². The molecule has 1 saturated heterocycles. The molecular formula is C13H26N2. The molecule has 2 heteroatoms. The molecule has 0 aromatic carbocycles. The van der Waals surface area contributed by atoms with Crippen LogP contribution >= 0.6 is 0 Å². The van der Waals surface area contributed by atoms with Crippen LogP contribution in [0.5, 0.6) is 0 Å². The molecule has 88 valence electrons. The highest BCUT2D eigenvalue weighted by atomic mass is 15.2. The maximum absolute atomic E-state index is 3.61. The predicted molar refractivity (Wildman–Crippen MR) is 65.1 cm³/mol. The maximum Gasteiger partial charge on any atom is 0.0193 e. The molecule has 1 saturated carbocycles. The predicted octanol–water partition coefficient (Wildman–Crippen LogP) is 2.39. The van der Waals surface area contributed by atoms with Gasteiger partial charge in [0.15, 0.2) is 0 Å². The van der Waals surface area contributed by atoms with E-state index in [1.54, 1.807) is 0 Å². The van der Waals surface area contributed by atoms with Gasteiger partial charge in [-0.15, -0.1) is 0 Å². The van der Waals surface area contributed by atoms with Gasteiger partial charge in [-0.05, 0) is 26.2 Å². The fourth-order valence-electron chi connectivity index (χ4n) is 3.22. The van der Waals surface area contributed by atoms with Crippen LogP contribution in [0.15, 0.2) is 0 Å². The summed E-state index contributed by atoms with van der Waals surface area (Å²) < 4.78 is 0. The summed E-state index contributed by atoms with van der Waals surface area (Å²) in [6.07, 6.45) is 8.45. The first-order valence-corrected chi connectivity index (χ1v) is 6.73. The topological polar surface area (TPSA) is 15.3 Å². The second-order valence-electron chi connectivity index (χ2n) is 5.56. The van der Waals surface area contributed by atoms with Crippen LogP contribution in [0.4, 0.5) is 0 Å². The fourth-order valence-corrected chi connectivity index (χ4v) is 3.22. The average Bonchev–Trinajstić information content (AvgIpc) is 2.30. The SMILES string of the molecule is CCC1CN(C2(C)CCCCC2)CCN1. The molecular weight excluding hydrogens is 184 g/mol. The summed E-state index contributed by atoms with van der Waals surface area (Å²) in [5, 5.41) is 3.61. The van der Waals surface area contributed by atoms with Gasteiger partial charge in [0.25, 0.3) is 0 Å². The van der Waals surface area contributed by atoms with Gasteiger partial charge in [0.2, 0.25) is 0 Å². The third-order valence-corrected chi connectivity index (χ3v) is 4.44. The Morgan fingerprint density at radius 1 is 1.27 bits per heavy atom. The van der Waals surface area contributed by atoms with Crippen molar-refractivity contribution >= 4 is 0 Å². The van der Waals surface area contributed by atoms with Gasteiger partial charge in [0.05, 0.1) is 0 Å². The third kappa shape index (κ3) is 2.54. The zero-order valence-electron chi connectivity index (χ0n) is 10.4. The highest BCUT2D eigenvalue weighted by Crippen LogP contribution is 2.33. The van der Waals surface area contributed by atoms with E-state index in [0.29, 0.717) is 5.54 Å². The second-order valence-corrected chi connectivity index (χ2v) is 5.56. The molecule has 0 bridgehead atoms. The molecule has 2 rings (SSSR count). The Morgan fingerprint density at radius 2 is 2.00 bits per heavy atom. The Kier molecular flexibility index (Phi) is 3.68. The molecule has 0 aromatic heterocycles. The fraction of sp³-hybridized carbons (Fsp3) is 1.00. The lowest BCUT2D eigenvalue weighted by Gasteiger charge is -2.48. The van der Waals surface area contributed by atoms with Crippen molar-refractivity contribution in [2.24, 2.45) is 0 Å². The van der Waals surface area contributed by atoms with E-state index >= 15 is 0 Å². The van der Waals surface area contributed by atoms with Gasteiger partial charge in [0, 0.05) is 31.2 Å². The minimum Gasteiger partial charge on any atom is -0.311 e. The maximum atomic E-state index is 3.61. The number of nitrogens with zero attached hydrogens (tertiary/aromatic N) is 1. The highest BCUT2D eigenvalue weighted by molar-refractivity contribution is 4.93. The van der Waals surface area contributed by atoms with Crippen LogP contribution in [-0.2, 0) is 0 Å². The molecule has 2 nitrogen and oxygen atoms in total. The van der Waals surface area contributed by atoms with Crippen molar-refractivity contribution in [3.63, 3.8) is 0 Å². The van der Waals surface area contributed by atoms with Gasteiger partial charge >= 0.3 is 0 Å². The molecule has 0 amide bonds. The van der Waals surface area contributed by atoms with Crippen molar-refractivity contribution < 1.29 is 0 Å². The Balaban J connectivity index is 1.95. The molecule has 1 aliphatic heterocycles. The lowest BCUT2D eigenvalue weighted by atomic mass is 9.81. The van der Waals surface area contributed by atoms with Crippen LogP contribution in [0.3, 0.4) is 0 Å². The lowest BCUT2D eigenvalue weighted by molar-refractivity contribution is 0.0389. The van der Waals surface area contributed by atoms with Crippen LogP contribution in [0.1, 0.15) is 52.4 Å². The van der Waals surface area contributed by atoms with Crippen LogP contribution < -0.4 is 5.32 Å². The highest BCUT2D eigenvalue weighted by Gasteiger charge is 2.35. The molecule has 2 fully saturated rings. The van der Waals surface area contributed by atoms with Gasteiger partial charge in [-0.3, -0.25) is 4.90 Å². The van der Waals surface area contributed by atoms with Crippen molar-refractivity contribution in [2.75, 3.05) is 19.6 Å². The summed E-state index contributed by atoms with van der Waals surface area (Å²) in [6.45, 7) is 8.50. The van der Waals surface area contributed by atoms with E-state index in [0.717, 1.165) is 6.04 Å². The Morgan fingerprint density at radius 3 is 2.67 bits per heavy atom. The Labute approximate surface area is 94.4 Å². The Hall–Kier alpha value is -0.0800. The first-order valence-electron chi connectivity index (χ1n) is 6.73. The number of piperazine rings is 1. The summed E-state index contributed by atoms with van der Waals surface area (Å²) >= 11 is 0. The molecule has 15 heavy (non-hydrogen) atoms. The first kappa shape index (κ1) is 11.4. The van der Waals surface area contributed by atoms with Crippen molar-refractivity contribution in [1.29, 1.82) is 0 Å². The van der Waals surface area contributed by atoms with Crippen LogP contribution in [-0.4, -0.2) is 36.1 Å². The zero-order chi connectivity index (χ0) is 10.7. The van der Waals surface area contributed by atoms with E-state index in [9.17, 15) is 0 Å². The van der Waals surface area contributed by atoms with Gasteiger partial charge in [0.1, 0.15) is 0 Å². The van der Waals surface area contributed by atoms with Crippen LogP contribution in [0.2, 0.25) is 0 Å². The van der Waals surface area contributed by atoms with E-state index in [1.165, 1.54) is 58.2 Å². The van der Waals surface area contributed by atoms with E-state index in [1.807, 2.05) is 0 Å². The van der Waals surface area contributed by atoms with Crippen molar-refractivity contribution in [1.82, 2.24) is 10.2 Å². The number of nitrogens with one attached hydrogen (secondary N) is 1. The van der Waals surface area contributed by atoms with Gasteiger partial charge in [-0.2, -0.15) is 0 Å². The molecule has 1 atom stereocenters. The molecule has 1 heterocycles. The smallest absolute Gasteiger partial charge is 0.0193 e. The average molecular weight is 210 g/mol. The Bertz CT molecular complexity index is 197. The normalized spacial score (nSPS) is 32.8. The molecule has 0 aromatic rings. The molecule has 1 unspecified atom stereocenters. The quantitative estimate of drug-likeness (QED) is 0.753. The molecule has 2 aliphatic rings.